The molecule has 0 radical (unpaired) electrons. The summed E-state index contributed by atoms with van der Waals surface area (Å²) >= 11 is 0.868. The van der Waals surface area contributed by atoms with Crippen molar-refractivity contribution >= 4 is 34.0 Å². The predicted molar refractivity (Wildman–Crippen MR) is 48.3 cm³/mol. The average molecular weight is 220 g/mol. The lowest BCUT2D eigenvalue weighted by molar-refractivity contribution is 0.501. The third kappa shape index (κ3) is 1.37. The minimum absolute atomic E-state index is 0.0401. The Morgan fingerprint density at radius 1 is 1.21 bits per heavy atom. The maximum absolute atomic E-state index is 13.0. The molecule has 0 atom stereocenters. The molecule has 0 aliphatic carbocycles. The van der Waals surface area contributed by atoms with Gasteiger partial charge in [-0.3, -0.25) is 0 Å². The molecule has 0 saturated heterocycles. The maximum atomic E-state index is 13.0. The molecule has 0 fully saturated rings. The molecule has 2 aromatic rings. The van der Waals surface area contributed by atoms with E-state index in [-0.39, 0.29) is 10.2 Å². The summed E-state index contributed by atoms with van der Waals surface area (Å²) in [5.41, 5.74) is 0.0872. The fraction of sp³-hybridized carbons (Fsp3) is 0. The van der Waals surface area contributed by atoms with Crippen molar-refractivity contribution in [1.82, 2.24) is 4.98 Å². The van der Waals surface area contributed by atoms with Gasteiger partial charge in [-0.15, -0.1) is 11.3 Å². The van der Waals surface area contributed by atoms with Crippen LogP contribution in [0.5, 0.6) is 0 Å². The predicted octanol–water partition coefficient (Wildman–Crippen LogP) is 2.49. The monoisotopic (exact) mass is 220 g/mol. The highest BCUT2D eigenvalue weighted by molar-refractivity contribution is 7.17. The van der Waals surface area contributed by atoms with Crippen LogP contribution in [0.2, 0.25) is 0 Å². The lowest BCUT2D eigenvalue weighted by Gasteiger charge is -2.14. The minimum Gasteiger partial charge on any atom is -0.445 e. The normalized spacial score (nSPS) is 12.3. The number of hydrogen-bond acceptors (Lipinski definition) is 2. The zero-order chi connectivity index (χ0) is 10.3. The number of hydrogen-bond donors (Lipinski definition) is 0. The number of halogens is 4. The van der Waals surface area contributed by atoms with Gasteiger partial charge in [0, 0.05) is 0 Å². The highest BCUT2D eigenvalue weighted by atomic mass is 32.1. The standard InChI is InChI=1S/C7H3BF4NS/c9-5-2-1-4(8(10,11)12)6-7(5)14-3-13-6/h1-3H/q-1. The van der Waals surface area contributed by atoms with E-state index in [4.69, 9.17) is 0 Å². The zero-order valence-electron chi connectivity index (χ0n) is 6.68. The van der Waals surface area contributed by atoms with Crippen LogP contribution in [0.25, 0.3) is 10.2 Å². The molecule has 14 heavy (non-hydrogen) atoms. The molecule has 0 N–H and O–H groups in total. The number of fused-ring (bicyclic) bond motifs is 1. The van der Waals surface area contributed by atoms with Crippen molar-refractivity contribution in [2.75, 3.05) is 0 Å². The smallest absolute Gasteiger partial charge is 0.445 e. The molecule has 1 nitrogen and oxygen atoms in total. The molecule has 2 rings (SSSR count). The molecular formula is C7H3BF4NS-. The zero-order valence-corrected chi connectivity index (χ0v) is 7.49. The molecular weight excluding hydrogens is 217 g/mol. The topological polar surface area (TPSA) is 12.9 Å². The second-order valence-electron chi connectivity index (χ2n) is 2.74. The Kier molecular flexibility index (Phi) is 1.99. The number of benzene rings is 1. The van der Waals surface area contributed by atoms with E-state index in [9.17, 15) is 17.3 Å². The van der Waals surface area contributed by atoms with Crippen molar-refractivity contribution in [3.05, 3.63) is 23.5 Å². The first kappa shape index (κ1) is 9.45. The van der Waals surface area contributed by atoms with Crippen LogP contribution >= 0.6 is 11.3 Å². The lowest BCUT2D eigenvalue weighted by atomic mass is 9.79. The van der Waals surface area contributed by atoms with Crippen LogP contribution in [0, 0.1) is 5.82 Å². The van der Waals surface area contributed by atoms with Gasteiger partial charge < -0.3 is 12.9 Å². The molecule has 74 valence electrons. The highest BCUT2D eigenvalue weighted by Crippen LogP contribution is 2.23. The summed E-state index contributed by atoms with van der Waals surface area (Å²) in [5, 5.41) is 0. The highest BCUT2D eigenvalue weighted by Gasteiger charge is 2.29. The summed E-state index contributed by atoms with van der Waals surface area (Å²) in [5.74, 6) is -0.661. The minimum atomic E-state index is -5.13. The summed E-state index contributed by atoms with van der Waals surface area (Å²) in [6.07, 6.45) is 0. The first-order valence-corrected chi connectivity index (χ1v) is 4.59. The van der Waals surface area contributed by atoms with Gasteiger partial charge in [0.25, 0.3) is 0 Å². The number of rotatable bonds is 1. The Hall–Kier alpha value is -1.11. The van der Waals surface area contributed by atoms with Crippen LogP contribution in [0.3, 0.4) is 0 Å². The Morgan fingerprint density at radius 2 is 1.93 bits per heavy atom. The van der Waals surface area contributed by atoms with Gasteiger partial charge in [-0.05, 0) is 6.07 Å². The molecule has 0 amide bonds. The Morgan fingerprint density at radius 3 is 2.57 bits per heavy atom. The van der Waals surface area contributed by atoms with Crippen LogP contribution < -0.4 is 5.46 Å². The van der Waals surface area contributed by atoms with E-state index < -0.39 is 18.3 Å². The van der Waals surface area contributed by atoms with E-state index in [2.05, 4.69) is 4.98 Å². The second kappa shape index (κ2) is 2.95. The largest absolute Gasteiger partial charge is 0.511 e. The van der Waals surface area contributed by atoms with E-state index in [1.807, 2.05) is 0 Å². The summed E-state index contributed by atoms with van der Waals surface area (Å²) in [4.78, 5) is 3.52. The van der Waals surface area contributed by atoms with Crippen LogP contribution in [-0.4, -0.2) is 12.0 Å². The van der Waals surface area contributed by atoms with Gasteiger partial charge in [-0.25, -0.2) is 9.37 Å². The number of aromatic nitrogens is 1. The third-order valence-corrected chi connectivity index (χ3v) is 2.65. The van der Waals surface area contributed by atoms with Crippen molar-refractivity contribution in [2.45, 2.75) is 0 Å². The second-order valence-corrected chi connectivity index (χ2v) is 3.60. The first-order valence-electron chi connectivity index (χ1n) is 3.71. The van der Waals surface area contributed by atoms with Crippen LogP contribution in [0.15, 0.2) is 17.6 Å². The summed E-state index contributed by atoms with van der Waals surface area (Å²) in [6.45, 7) is -5.13. The summed E-state index contributed by atoms with van der Waals surface area (Å²) in [7, 11) is 0. The van der Waals surface area contributed by atoms with Crippen molar-refractivity contribution in [3.8, 4) is 0 Å². The van der Waals surface area contributed by atoms with E-state index in [1.54, 1.807) is 0 Å². The van der Waals surface area contributed by atoms with E-state index >= 15 is 0 Å². The van der Waals surface area contributed by atoms with Gasteiger partial charge in [-0.1, -0.05) is 11.5 Å². The fourth-order valence-corrected chi connectivity index (χ4v) is 1.93. The van der Waals surface area contributed by atoms with Gasteiger partial charge in [0.2, 0.25) is 0 Å². The molecule has 1 aromatic heterocycles. The molecule has 7 heteroatoms. The van der Waals surface area contributed by atoms with Crippen molar-refractivity contribution in [3.63, 3.8) is 0 Å². The maximum Gasteiger partial charge on any atom is 0.511 e. The summed E-state index contributed by atoms with van der Waals surface area (Å²) in [6, 6.07) is 1.56. The molecule has 1 aromatic carbocycles. The van der Waals surface area contributed by atoms with Gasteiger partial charge in [0.15, 0.2) is 0 Å². The Labute approximate surface area is 80.4 Å². The average Bonchev–Trinajstić information content (AvgIpc) is 2.50. The van der Waals surface area contributed by atoms with Crippen LogP contribution in [0.4, 0.5) is 17.3 Å². The van der Waals surface area contributed by atoms with E-state index in [0.29, 0.717) is 0 Å². The molecule has 0 saturated carbocycles. The molecule has 0 unspecified atom stereocenters. The molecule has 0 aliphatic heterocycles. The van der Waals surface area contributed by atoms with Crippen molar-refractivity contribution < 1.29 is 17.3 Å². The van der Waals surface area contributed by atoms with Gasteiger partial charge >= 0.3 is 6.98 Å². The SMILES string of the molecule is Fc1ccc([B-](F)(F)F)c2ncsc12. The van der Waals surface area contributed by atoms with Gasteiger partial charge in [0.1, 0.15) is 5.82 Å². The number of thiazole rings is 1. The van der Waals surface area contributed by atoms with Gasteiger partial charge in [-0.2, -0.15) is 0 Å². The van der Waals surface area contributed by atoms with E-state index in [1.165, 1.54) is 5.51 Å². The number of nitrogens with zero attached hydrogens (tertiary/aromatic N) is 1. The van der Waals surface area contributed by atoms with Crippen molar-refractivity contribution in [1.29, 1.82) is 0 Å². The molecule has 0 spiro atoms. The fourth-order valence-electron chi connectivity index (χ4n) is 1.20. The lowest BCUT2D eigenvalue weighted by Crippen LogP contribution is -2.34. The van der Waals surface area contributed by atoms with Crippen LogP contribution in [0.1, 0.15) is 0 Å². The quantitative estimate of drug-likeness (QED) is 0.531. The van der Waals surface area contributed by atoms with Crippen LogP contribution in [-0.2, 0) is 0 Å². The Balaban J connectivity index is 2.80. The molecule has 0 bridgehead atoms. The third-order valence-electron chi connectivity index (χ3n) is 1.82. The first-order chi connectivity index (χ1) is 6.50. The Bertz CT molecular complexity index is 478. The van der Waals surface area contributed by atoms with Gasteiger partial charge in [0.05, 0.1) is 15.7 Å². The molecule has 1 heterocycles. The van der Waals surface area contributed by atoms with Crippen molar-refractivity contribution in [2.24, 2.45) is 0 Å². The van der Waals surface area contributed by atoms with E-state index in [0.717, 1.165) is 23.5 Å². The summed E-state index contributed by atoms with van der Waals surface area (Å²) < 4.78 is 50.3. The molecule has 0 aliphatic rings.